The largest absolute Gasteiger partial charge is 0.383 e. The number of hydrogen-bond acceptors (Lipinski definition) is 3. The van der Waals surface area contributed by atoms with Crippen LogP contribution in [0.4, 0.5) is 0 Å². The number of nitrogens with one attached hydrogen (secondary N) is 1. The van der Waals surface area contributed by atoms with Gasteiger partial charge in [0.1, 0.15) is 0 Å². The third kappa shape index (κ3) is 3.19. The molecule has 1 amide bonds. The zero-order valence-corrected chi connectivity index (χ0v) is 11.8. The fraction of sp³-hybridized carbons (Fsp3) is 0.462. The molecule has 0 aliphatic carbocycles. The third-order valence-electron chi connectivity index (χ3n) is 2.86. The molecular weight excluding hydrogens is 270 g/mol. The Labute approximate surface area is 116 Å². The fourth-order valence-electron chi connectivity index (χ4n) is 1.95. The van der Waals surface area contributed by atoms with Gasteiger partial charge in [-0.05, 0) is 11.6 Å². The van der Waals surface area contributed by atoms with Crippen molar-refractivity contribution in [2.45, 2.75) is 16.2 Å². The number of carbonyl (C=O) groups is 1. The molecule has 5 heteroatoms. The Kier molecular flexibility index (Phi) is 4.92. The van der Waals surface area contributed by atoms with Crippen molar-refractivity contribution in [3.05, 3.63) is 29.8 Å². The van der Waals surface area contributed by atoms with Crippen LogP contribution in [0.3, 0.4) is 0 Å². The first kappa shape index (κ1) is 13.7. The zero-order valence-electron chi connectivity index (χ0n) is 10.2. The maximum absolute atomic E-state index is 12.1. The van der Waals surface area contributed by atoms with E-state index in [4.69, 9.17) is 16.3 Å². The number of benzene rings is 1. The molecule has 0 saturated carbocycles. The quantitative estimate of drug-likeness (QED) is 0.844. The highest BCUT2D eigenvalue weighted by atomic mass is 35.5. The van der Waals surface area contributed by atoms with E-state index in [0.717, 1.165) is 11.3 Å². The van der Waals surface area contributed by atoms with Gasteiger partial charge in [-0.25, -0.2) is 0 Å². The van der Waals surface area contributed by atoms with E-state index >= 15 is 0 Å². The molecule has 98 valence electrons. The van der Waals surface area contributed by atoms with E-state index in [-0.39, 0.29) is 17.2 Å². The molecule has 2 unspecified atom stereocenters. The molecule has 1 aromatic rings. The molecule has 0 aromatic heterocycles. The predicted octanol–water partition coefficient (Wildman–Crippen LogP) is 2.25. The number of fused-ring (bicyclic) bond motifs is 1. The smallest absolute Gasteiger partial charge is 0.228 e. The topological polar surface area (TPSA) is 38.3 Å². The van der Waals surface area contributed by atoms with Crippen LogP contribution in [-0.2, 0) is 9.53 Å². The number of rotatable bonds is 5. The molecular formula is C13H16ClNO2S. The van der Waals surface area contributed by atoms with Gasteiger partial charge >= 0.3 is 0 Å². The Morgan fingerprint density at radius 3 is 3.17 bits per heavy atom. The van der Waals surface area contributed by atoms with Gasteiger partial charge in [0.15, 0.2) is 0 Å². The number of ether oxygens (including phenoxy) is 1. The van der Waals surface area contributed by atoms with E-state index in [1.54, 1.807) is 18.9 Å². The van der Waals surface area contributed by atoms with Crippen molar-refractivity contribution < 1.29 is 9.53 Å². The van der Waals surface area contributed by atoms with Gasteiger partial charge < -0.3 is 10.1 Å². The van der Waals surface area contributed by atoms with E-state index in [1.165, 1.54) is 4.90 Å². The highest BCUT2D eigenvalue weighted by Crippen LogP contribution is 2.39. The van der Waals surface area contributed by atoms with Gasteiger partial charge in [-0.15, -0.1) is 23.4 Å². The number of hydrogen-bond donors (Lipinski definition) is 1. The second-order valence-electron chi connectivity index (χ2n) is 4.20. The van der Waals surface area contributed by atoms with E-state index < -0.39 is 0 Å². The van der Waals surface area contributed by atoms with Crippen molar-refractivity contribution in [3.63, 3.8) is 0 Å². The molecule has 0 saturated heterocycles. The molecule has 1 N–H and O–H groups in total. The van der Waals surface area contributed by atoms with Gasteiger partial charge in [0.2, 0.25) is 5.91 Å². The van der Waals surface area contributed by atoms with Crippen molar-refractivity contribution in [2.24, 2.45) is 0 Å². The number of amides is 1. The lowest BCUT2D eigenvalue weighted by atomic mass is 10.0. The minimum absolute atomic E-state index is 0.0502. The van der Waals surface area contributed by atoms with Crippen molar-refractivity contribution >= 4 is 29.3 Å². The summed E-state index contributed by atoms with van der Waals surface area (Å²) >= 11 is 7.72. The van der Waals surface area contributed by atoms with Crippen molar-refractivity contribution in [1.82, 2.24) is 5.32 Å². The summed E-state index contributed by atoms with van der Waals surface area (Å²) in [6.07, 6.45) is 0. The van der Waals surface area contributed by atoms with Crippen molar-refractivity contribution in [1.29, 1.82) is 0 Å². The van der Waals surface area contributed by atoms with Crippen LogP contribution in [-0.4, -0.2) is 37.3 Å². The molecule has 0 fully saturated rings. The zero-order chi connectivity index (χ0) is 13.0. The summed E-state index contributed by atoms with van der Waals surface area (Å²) in [6.45, 7) is 0.884. The second-order valence-corrected chi connectivity index (χ2v) is 5.88. The Morgan fingerprint density at radius 1 is 1.61 bits per heavy atom. The van der Waals surface area contributed by atoms with Crippen LogP contribution in [0.2, 0.25) is 0 Å². The van der Waals surface area contributed by atoms with E-state index in [9.17, 15) is 4.79 Å². The molecule has 18 heavy (non-hydrogen) atoms. The number of alkyl halides is 1. The van der Waals surface area contributed by atoms with Gasteiger partial charge in [-0.3, -0.25) is 4.79 Å². The molecule has 1 aromatic carbocycles. The minimum atomic E-state index is -0.178. The first-order chi connectivity index (χ1) is 8.72. The Balaban J connectivity index is 1.91. The average molecular weight is 286 g/mol. The minimum Gasteiger partial charge on any atom is -0.383 e. The Hall–Kier alpha value is -0.710. The van der Waals surface area contributed by atoms with Gasteiger partial charge in [0.25, 0.3) is 0 Å². The standard InChI is InChI=1S/C13H16ClNO2S/c1-17-7-9(14)6-15-13(16)11-8-18-12-5-3-2-4-10(11)12/h2-5,9,11H,6-8H2,1H3,(H,15,16). The summed E-state index contributed by atoms with van der Waals surface area (Å²) in [4.78, 5) is 13.3. The predicted molar refractivity (Wildman–Crippen MR) is 74.4 cm³/mol. The monoisotopic (exact) mass is 285 g/mol. The van der Waals surface area contributed by atoms with Gasteiger partial charge in [0.05, 0.1) is 17.9 Å². The molecule has 2 atom stereocenters. The third-order valence-corrected chi connectivity index (χ3v) is 4.32. The Morgan fingerprint density at radius 2 is 2.39 bits per heavy atom. The lowest BCUT2D eigenvalue weighted by Crippen LogP contribution is -2.35. The summed E-state index contributed by atoms with van der Waals surface area (Å²) in [5.41, 5.74) is 1.12. The normalized spacial score (nSPS) is 19.3. The highest BCUT2D eigenvalue weighted by molar-refractivity contribution is 7.99. The fourth-order valence-corrected chi connectivity index (χ4v) is 3.39. The molecule has 1 aliphatic rings. The molecule has 0 bridgehead atoms. The van der Waals surface area contributed by atoms with Gasteiger partial charge in [-0.2, -0.15) is 0 Å². The molecule has 2 rings (SSSR count). The van der Waals surface area contributed by atoms with Crippen LogP contribution in [0.1, 0.15) is 11.5 Å². The van der Waals surface area contributed by atoms with E-state index in [2.05, 4.69) is 11.4 Å². The van der Waals surface area contributed by atoms with E-state index in [1.807, 2.05) is 18.2 Å². The SMILES string of the molecule is COCC(Cl)CNC(=O)C1CSc2ccccc21. The maximum atomic E-state index is 12.1. The number of thioether (sulfide) groups is 1. The second kappa shape index (κ2) is 6.45. The highest BCUT2D eigenvalue weighted by Gasteiger charge is 2.28. The Bertz CT molecular complexity index is 427. The first-order valence-electron chi connectivity index (χ1n) is 5.85. The van der Waals surface area contributed by atoms with Crippen LogP contribution in [0.5, 0.6) is 0 Å². The van der Waals surface area contributed by atoms with Crippen LogP contribution in [0.25, 0.3) is 0 Å². The van der Waals surface area contributed by atoms with Gasteiger partial charge in [0, 0.05) is 24.3 Å². The van der Waals surface area contributed by atoms with Crippen LogP contribution in [0.15, 0.2) is 29.2 Å². The first-order valence-corrected chi connectivity index (χ1v) is 7.27. The van der Waals surface area contributed by atoms with Crippen LogP contribution < -0.4 is 5.32 Å². The molecule has 1 heterocycles. The summed E-state index contributed by atoms with van der Waals surface area (Å²) in [7, 11) is 1.60. The maximum Gasteiger partial charge on any atom is 0.228 e. The summed E-state index contributed by atoms with van der Waals surface area (Å²) in [5.74, 6) is 0.800. The summed E-state index contributed by atoms with van der Waals surface area (Å²) in [6, 6.07) is 8.05. The van der Waals surface area contributed by atoms with Crippen LogP contribution >= 0.6 is 23.4 Å². The van der Waals surface area contributed by atoms with Crippen molar-refractivity contribution in [2.75, 3.05) is 26.0 Å². The number of carbonyl (C=O) groups excluding carboxylic acids is 1. The van der Waals surface area contributed by atoms with Crippen LogP contribution in [0, 0.1) is 0 Å². The lowest BCUT2D eigenvalue weighted by molar-refractivity contribution is -0.122. The molecule has 0 radical (unpaired) electrons. The molecule has 0 spiro atoms. The van der Waals surface area contributed by atoms with Gasteiger partial charge in [-0.1, -0.05) is 18.2 Å². The molecule has 1 aliphatic heterocycles. The van der Waals surface area contributed by atoms with Crippen molar-refractivity contribution in [3.8, 4) is 0 Å². The average Bonchev–Trinajstić information content (AvgIpc) is 2.80. The van der Waals surface area contributed by atoms with E-state index in [0.29, 0.717) is 13.2 Å². The number of halogens is 1. The summed E-state index contributed by atoms with van der Waals surface area (Å²) in [5, 5.41) is 2.71. The summed E-state index contributed by atoms with van der Waals surface area (Å²) < 4.78 is 4.93. The lowest BCUT2D eigenvalue weighted by Gasteiger charge is -2.14. The molecule has 3 nitrogen and oxygen atoms in total. The number of methoxy groups -OCH3 is 1.